The molecule has 2 atom stereocenters. The maximum absolute atomic E-state index is 12.8. The molecule has 2 saturated heterocycles. The summed E-state index contributed by atoms with van der Waals surface area (Å²) in [5.74, 6) is 1.92. The van der Waals surface area contributed by atoms with Crippen LogP contribution in [0, 0.1) is 13.8 Å². The molecule has 0 aliphatic carbocycles. The van der Waals surface area contributed by atoms with Crippen LogP contribution in [0.15, 0.2) is 35.0 Å². The van der Waals surface area contributed by atoms with Crippen molar-refractivity contribution < 1.29 is 13.9 Å². The molecule has 0 bridgehead atoms. The van der Waals surface area contributed by atoms with E-state index in [2.05, 4.69) is 9.88 Å². The number of aromatic nitrogens is 1. The normalized spacial score (nSPS) is 23.7. The van der Waals surface area contributed by atoms with Crippen LogP contribution in [0.1, 0.15) is 27.4 Å². The Kier molecular flexibility index (Phi) is 4.31. The van der Waals surface area contributed by atoms with E-state index < -0.39 is 0 Å². The predicted octanol–water partition coefficient (Wildman–Crippen LogP) is 2.02. The van der Waals surface area contributed by atoms with Crippen LogP contribution in [0.3, 0.4) is 0 Å². The van der Waals surface area contributed by atoms with Crippen molar-refractivity contribution in [1.29, 1.82) is 0 Å². The standard InChI is InChI=1S/C19H23N3O3/c1-13-7-15(9-20-8-13)19(23)22-11-17-18(12-22)24-6-5-21(17)10-16-4-3-14(2)25-16/h3-4,7-9,17-18H,5-6,10-12H2,1-2H3/t17-,18+/m1/s1. The maximum atomic E-state index is 12.8. The van der Waals surface area contributed by atoms with Gasteiger partial charge in [-0.1, -0.05) is 0 Å². The SMILES string of the molecule is Cc1cncc(C(=O)N2C[C@@H]3OCCN(Cc4ccc(C)o4)[C@@H]3C2)c1. The molecule has 2 aliphatic rings. The summed E-state index contributed by atoms with van der Waals surface area (Å²) in [6, 6.07) is 6.11. The molecule has 6 heteroatoms. The van der Waals surface area contributed by atoms with Gasteiger partial charge in [0.1, 0.15) is 11.5 Å². The Balaban J connectivity index is 1.47. The van der Waals surface area contributed by atoms with E-state index in [4.69, 9.17) is 9.15 Å². The summed E-state index contributed by atoms with van der Waals surface area (Å²) in [7, 11) is 0. The Bertz CT molecular complexity index is 773. The second-order valence-corrected chi connectivity index (χ2v) is 6.92. The first-order valence-electron chi connectivity index (χ1n) is 8.72. The fourth-order valence-corrected chi connectivity index (χ4v) is 3.75. The van der Waals surface area contributed by atoms with Crippen LogP contribution in [-0.4, -0.2) is 59.1 Å². The monoisotopic (exact) mass is 341 g/mol. The van der Waals surface area contributed by atoms with Crippen LogP contribution in [0.5, 0.6) is 0 Å². The first-order chi connectivity index (χ1) is 12.1. The minimum Gasteiger partial charge on any atom is -0.465 e. The van der Waals surface area contributed by atoms with Crippen molar-refractivity contribution in [2.24, 2.45) is 0 Å². The van der Waals surface area contributed by atoms with Crippen LogP contribution < -0.4 is 0 Å². The Morgan fingerprint density at radius 1 is 1.28 bits per heavy atom. The molecule has 25 heavy (non-hydrogen) atoms. The summed E-state index contributed by atoms with van der Waals surface area (Å²) in [5.41, 5.74) is 1.64. The molecule has 4 heterocycles. The summed E-state index contributed by atoms with van der Waals surface area (Å²) in [6.45, 7) is 7.51. The van der Waals surface area contributed by atoms with Crippen molar-refractivity contribution in [1.82, 2.24) is 14.8 Å². The highest BCUT2D eigenvalue weighted by Gasteiger charge is 2.42. The van der Waals surface area contributed by atoms with Gasteiger partial charge in [0.25, 0.3) is 5.91 Å². The minimum atomic E-state index is 0.0305. The average molecular weight is 341 g/mol. The number of hydrogen-bond donors (Lipinski definition) is 0. The zero-order valence-corrected chi connectivity index (χ0v) is 14.6. The van der Waals surface area contributed by atoms with Crippen molar-refractivity contribution in [3.63, 3.8) is 0 Å². The zero-order chi connectivity index (χ0) is 17.4. The number of amides is 1. The number of aryl methyl sites for hydroxylation is 2. The molecule has 1 amide bonds. The molecule has 4 rings (SSSR count). The van der Waals surface area contributed by atoms with Crippen LogP contribution in [-0.2, 0) is 11.3 Å². The molecule has 2 fully saturated rings. The second-order valence-electron chi connectivity index (χ2n) is 6.92. The molecule has 0 radical (unpaired) electrons. The number of rotatable bonds is 3. The number of carbonyl (C=O) groups excluding carboxylic acids is 1. The number of hydrogen-bond acceptors (Lipinski definition) is 5. The highest BCUT2D eigenvalue weighted by atomic mass is 16.5. The Morgan fingerprint density at radius 2 is 2.16 bits per heavy atom. The first-order valence-corrected chi connectivity index (χ1v) is 8.72. The largest absolute Gasteiger partial charge is 0.465 e. The van der Waals surface area contributed by atoms with Crippen molar-refractivity contribution in [3.05, 3.63) is 53.2 Å². The van der Waals surface area contributed by atoms with Gasteiger partial charge in [0.15, 0.2) is 0 Å². The van der Waals surface area contributed by atoms with E-state index in [1.165, 1.54) is 0 Å². The van der Waals surface area contributed by atoms with E-state index in [1.807, 2.05) is 36.9 Å². The van der Waals surface area contributed by atoms with Gasteiger partial charge in [0, 0.05) is 32.0 Å². The van der Waals surface area contributed by atoms with Gasteiger partial charge in [0.2, 0.25) is 0 Å². The first kappa shape index (κ1) is 16.3. The molecule has 2 aliphatic heterocycles. The number of likely N-dealkylation sites (tertiary alicyclic amines) is 1. The lowest BCUT2D eigenvalue weighted by atomic mass is 10.1. The number of pyridine rings is 1. The summed E-state index contributed by atoms with van der Waals surface area (Å²) >= 11 is 0. The third kappa shape index (κ3) is 3.32. The zero-order valence-electron chi connectivity index (χ0n) is 14.6. The van der Waals surface area contributed by atoms with Crippen molar-refractivity contribution in [2.75, 3.05) is 26.2 Å². The van der Waals surface area contributed by atoms with Gasteiger partial charge in [-0.15, -0.1) is 0 Å². The van der Waals surface area contributed by atoms with Crippen LogP contribution in [0.2, 0.25) is 0 Å². The molecule has 2 aromatic rings. The average Bonchev–Trinajstić information content (AvgIpc) is 3.21. The molecule has 132 valence electrons. The Morgan fingerprint density at radius 3 is 2.92 bits per heavy atom. The van der Waals surface area contributed by atoms with Crippen molar-refractivity contribution in [3.8, 4) is 0 Å². The maximum Gasteiger partial charge on any atom is 0.255 e. The lowest BCUT2D eigenvalue weighted by molar-refractivity contribution is -0.0522. The second kappa shape index (κ2) is 6.61. The topological polar surface area (TPSA) is 58.8 Å². The molecule has 0 spiro atoms. The number of nitrogens with zero attached hydrogens (tertiary/aromatic N) is 3. The van der Waals surface area contributed by atoms with Gasteiger partial charge in [-0.2, -0.15) is 0 Å². The highest BCUT2D eigenvalue weighted by molar-refractivity contribution is 5.94. The van der Waals surface area contributed by atoms with Gasteiger partial charge >= 0.3 is 0 Å². The molecular weight excluding hydrogens is 318 g/mol. The highest BCUT2D eigenvalue weighted by Crippen LogP contribution is 2.26. The Hall–Kier alpha value is -2.18. The number of ether oxygens (including phenoxy) is 1. The van der Waals surface area contributed by atoms with Gasteiger partial charge in [0.05, 0.1) is 30.9 Å². The van der Waals surface area contributed by atoms with E-state index in [1.54, 1.807) is 12.4 Å². The molecule has 0 N–H and O–H groups in total. The number of morpholine rings is 1. The summed E-state index contributed by atoms with van der Waals surface area (Å²) in [6.07, 6.45) is 3.46. The molecule has 0 unspecified atom stereocenters. The third-order valence-electron chi connectivity index (χ3n) is 4.98. The molecule has 0 saturated carbocycles. The summed E-state index contributed by atoms with van der Waals surface area (Å²) in [5, 5.41) is 0. The van der Waals surface area contributed by atoms with Crippen LogP contribution in [0.4, 0.5) is 0 Å². The number of carbonyl (C=O) groups is 1. The van der Waals surface area contributed by atoms with Crippen LogP contribution in [0.25, 0.3) is 0 Å². The molecule has 6 nitrogen and oxygen atoms in total. The lowest BCUT2D eigenvalue weighted by Crippen LogP contribution is -2.50. The smallest absolute Gasteiger partial charge is 0.255 e. The van der Waals surface area contributed by atoms with Crippen molar-refractivity contribution >= 4 is 5.91 Å². The van der Waals surface area contributed by atoms with Crippen LogP contribution >= 0.6 is 0 Å². The predicted molar refractivity (Wildman–Crippen MR) is 92.3 cm³/mol. The fourth-order valence-electron chi connectivity index (χ4n) is 3.75. The summed E-state index contributed by atoms with van der Waals surface area (Å²) < 4.78 is 11.7. The van der Waals surface area contributed by atoms with Gasteiger partial charge in [-0.3, -0.25) is 14.7 Å². The number of furan rings is 1. The van der Waals surface area contributed by atoms with E-state index in [-0.39, 0.29) is 18.1 Å². The summed E-state index contributed by atoms with van der Waals surface area (Å²) in [4.78, 5) is 21.2. The fraction of sp³-hybridized carbons (Fsp3) is 0.474. The molecular formula is C19H23N3O3. The Labute approximate surface area is 147 Å². The van der Waals surface area contributed by atoms with Gasteiger partial charge < -0.3 is 14.1 Å². The minimum absolute atomic E-state index is 0.0305. The van der Waals surface area contributed by atoms with E-state index >= 15 is 0 Å². The van der Waals surface area contributed by atoms with E-state index in [0.717, 1.165) is 30.2 Å². The molecule has 0 aromatic carbocycles. The lowest BCUT2D eigenvalue weighted by Gasteiger charge is -2.36. The van der Waals surface area contributed by atoms with E-state index in [9.17, 15) is 4.79 Å². The van der Waals surface area contributed by atoms with Crippen molar-refractivity contribution in [2.45, 2.75) is 32.5 Å². The quantitative estimate of drug-likeness (QED) is 0.855. The van der Waals surface area contributed by atoms with Gasteiger partial charge in [-0.25, -0.2) is 0 Å². The third-order valence-corrected chi connectivity index (χ3v) is 4.98. The van der Waals surface area contributed by atoms with Gasteiger partial charge in [-0.05, 0) is 37.6 Å². The molecule has 2 aromatic heterocycles. The van der Waals surface area contributed by atoms with E-state index in [0.29, 0.717) is 25.3 Å². The number of fused-ring (bicyclic) bond motifs is 1.